The van der Waals surface area contributed by atoms with Crippen LogP contribution in [-0.4, -0.2) is 9.59 Å². The lowest BCUT2D eigenvalue weighted by Crippen LogP contribution is -2.12. The molecule has 0 spiro atoms. The zero-order chi connectivity index (χ0) is 17.8. The monoisotopic (exact) mass is 372 g/mol. The van der Waals surface area contributed by atoms with E-state index in [9.17, 15) is 4.79 Å². The van der Waals surface area contributed by atoms with Gasteiger partial charge in [0.05, 0.1) is 0 Å². The van der Waals surface area contributed by atoms with Crippen LogP contribution in [-0.2, 0) is 12.8 Å². The SMILES string of the molecule is C=CCc1c(CCCCC)c2c(-c3n[nH]sc3=S)cccc2oc1=O. The highest BCUT2D eigenvalue weighted by Crippen LogP contribution is 2.33. The van der Waals surface area contributed by atoms with Crippen LogP contribution in [0.5, 0.6) is 0 Å². The van der Waals surface area contributed by atoms with Crippen LogP contribution in [0.1, 0.15) is 37.3 Å². The fourth-order valence-electron chi connectivity index (χ4n) is 3.11. The molecule has 0 amide bonds. The normalized spacial score (nSPS) is 11.1. The molecule has 3 rings (SSSR count). The Balaban J connectivity index is 2.33. The average molecular weight is 373 g/mol. The first kappa shape index (κ1) is 17.8. The maximum Gasteiger partial charge on any atom is 0.340 e. The summed E-state index contributed by atoms with van der Waals surface area (Å²) in [4.78, 5) is 12.5. The molecule has 0 unspecified atom stereocenters. The van der Waals surface area contributed by atoms with E-state index >= 15 is 0 Å². The van der Waals surface area contributed by atoms with Crippen molar-refractivity contribution >= 4 is 34.7 Å². The van der Waals surface area contributed by atoms with Crippen molar-refractivity contribution in [2.24, 2.45) is 0 Å². The fraction of sp³-hybridized carbons (Fsp3) is 0.316. The molecule has 0 atom stereocenters. The largest absolute Gasteiger partial charge is 0.422 e. The van der Waals surface area contributed by atoms with E-state index < -0.39 is 0 Å². The van der Waals surface area contributed by atoms with Gasteiger partial charge in [0.1, 0.15) is 15.1 Å². The molecule has 4 nitrogen and oxygen atoms in total. The number of unbranched alkanes of at least 4 members (excludes halogenated alkanes) is 2. The van der Waals surface area contributed by atoms with Crippen LogP contribution in [0.2, 0.25) is 0 Å². The number of allylic oxidation sites excluding steroid dienone is 1. The standard InChI is InChI=1S/C19H20N2O2S2/c1-3-5-6-9-12-13(8-4-2)18(22)23-15-11-7-10-14(16(12)15)17-19(24)25-21-20-17/h4,7,10-11,21H,2-3,5-6,8-9H2,1H3. The number of hydrogen-bond donors (Lipinski definition) is 1. The van der Waals surface area contributed by atoms with Crippen LogP contribution < -0.4 is 5.63 Å². The number of aromatic amines is 1. The second kappa shape index (κ2) is 7.89. The minimum atomic E-state index is -0.278. The Morgan fingerprint density at radius 3 is 2.88 bits per heavy atom. The molecule has 0 saturated heterocycles. The number of nitrogens with one attached hydrogen (secondary N) is 1. The van der Waals surface area contributed by atoms with Crippen LogP contribution in [0.3, 0.4) is 0 Å². The Kier molecular flexibility index (Phi) is 5.60. The molecule has 0 bridgehead atoms. The molecule has 3 aromatic rings. The van der Waals surface area contributed by atoms with Gasteiger partial charge in [-0.3, -0.25) is 0 Å². The van der Waals surface area contributed by atoms with E-state index in [1.807, 2.05) is 18.2 Å². The lowest BCUT2D eigenvalue weighted by Gasteiger charge is -2.13. The first-order chi connectivity index (χ1) is 12.2. The third-order valence-electron chi connectivity index (χ3n) is 4.26. The van der Waals surface area contributed by atoms with E-state index in [0.717, 1.165) is 47.9 Å². The highest BCUT2D eigenvalue weighted by atomic mass is 32.2. The molecule has 6 heteroatoms. The summed E-state index contributed by atoms with van der Waals surface area (Å²) in [5.41, 5.74) is 3.69. The summed E-state index contributed by atoms with van der Waals surface area (Å²) < 4.78 is 9.16. The summed E-state index contributed by atoms with van der Waals surface area (Å²) in [6, 6.07) is 5.69. The number of rotatable bonds is 7. The van der Waals surface area contributed by atoms with Crippen molar-refractivity contribution in [3.63, 3.8) is 0 Å². The summed E-state index contributed by atoms with van der Waals surface area (Å²) in [6.07, 6.45) is 6.35. The van der Waals surface area contributed by atoms with Crippen molar-refractivity contribution < 1.29 is 4.42 Å². The summed E-state index contributed by atoms with van der Waals surface area (Å²) in [6.45, 7) is 5.96. The second-order valence-corrected chi connectivity index (χ2v) is 7.38. The average Bonchev–Trinajstić information content (AvgIpc) is 3.03. The number of H-pyrrole nitrogens is 1. The number of aryl methyl sites for hydroxylation is 1. The molecule has 1 N–H and O–H groups in total. The van der Waals surface area contributed by atoms with Gasteiger partial charge >= 0.3 is 5.63 Å². The molecular weight excluding hydrogens is 352 g/mol. The van der Waals surface area contributed by atoms with E-state index in [0.29, 0.717) is 21.4 Å². The molecular formula is C19H20N2O2S2. The maximum absolute atomic E-state index is 12.5. The predicted molar refractivity (Wildman–Crippen MR) is 106 cm³/mol. The van der Waals surface area contributed by atoms with Crippen molar-refractivity contribution in [1.82, 2.24) is 9.59 Å². The first-order valence-electron chi connectivity index (χ1n) is 8.40. The van der Waals surface area contributed by atoms with Gasteiger partial charge in [-0.15, -0.1) is 6.58 Å². The van der Waals surface area contributed by atoms with E-state index in [4.69, 9.17) is 16.6 Å². The van der Waals surface area contributed by atoms with Gasteiger partial charge in [0.2, 0.25) is 0 Å². The predicted octanol–water partition coefficient (Wildman–Crippen LogP) is 5.44. The maximum atomic E-state index is 12.5. The van der Waals surface area contributed by atoms with Gasteiger partial charge in [-0.2, -0.15) is 5.10 Å². The van der Waals surface area contributed by atoms with Crippen molar-refractivity contribution in [3.05, 3.63) is 56.2 Å². The minimum Gasteiger partial charge on any atom is -0.422 e. The number of aromatic nitrogens is 2. The Morgan fingerprint density at radius 1 is 1.36 bits per heavy atom. The van der Waals surface area contributed by atoms with Crippen LogP contribution in [0, 0.1) is 3.82 Å². The van der Waals surface area contributed by atoms with Gasteiger partial charge in [-0.1, -0.05) is 50.2 Å². The lowest BCUT2D eigenvalue weighted by molar-refractivity contribution is 0.549. The van der Waals surface area contributed by atoms with Gasteiger partial charge in [0.25, 0.3) is 0 Å². The molecule has 0 aliphatic heterocycles. The number of nitrogens with zero attached hydrogens (tertiary/aromatic N) is 1. The highest BCUT2D eigenvalue weighted by Gasteiger charge is 2.18. The Labute approximate surface area is 155 Å². The molecule has 0 aliphatic rings. The van der Waals surface area contributed by atoms with Gasteiger partial charge in [0.15, 0.2) is 0 Å². The number of benzene rings is 1. The third-order valence-corrected chi connectivity index (χ3v) is 5.27. The molecule has 2 heterocycles. The van der Waals surface area contributed by atoms with Gasteiger partial charge in [-0.25, -0.2) is 9.28 Å². The van der Waals surface area contributed by atoms with Crippen LogP contribution in [0.25, 0.3) is 22.2 Å². The Hall–Kier alpha value is -2.05. The van der Waals surface area contributed by atoms with Gasteiger partial charge in [-0.05, 0) is 42.4 Å². The molecule has 0 aliphatic carbocycles. The number of fused-ring (bicyclic) bond motifs is 1. The van der Waals surface area contributed by atoms with Crippen LogP contribution >= 0.6 is 23.8 Å². The second-order valence-electron chi connectivity index (χ2n) is 5.92. The quantitative estimate of drug-likeness (QED) is 0.260. The zero-order valence-electron chi connectivity index (χ0n) is 14.1. The molecule has 2 aromatic heterocycles. The Morgan fingerprint density at radius 2 is 2.20 bits per heavy atom. The summed E-state index contributed by atoms with van der Waals surface area (Å²) in [5, 5.41) is 5.27. The van der Waals surface area contributed by atoms with E-state index in [-0.39, 0.29) is 5.63 Å². The topological polar surface area (TPSA) is 58.9 Å². The van der Waals surface area contributed by atoms with Crippen molar-refractivity contribution in [2.75, 3.05) is 0 Å². The van der Waals surface area contributed by atoms with Gasteiger partial charge < -0.3 is 4.42 Å². The van der Waals surface area contributed by atoms with E-state index in [2.05, 4.69) is 23.1 Å². The van der Waals surface area contributed by atoms with E-state index in [1.54, 1.807) is 6.08 Å². The zero-order valence-corrected chi connectivity index (χ0v) is 15.8. The smallest absolute Gasteiger partial charge is 0.340 e. The molecule has 0 saturated carbocycles. The lowest BCUT2D eigenvalue weighted by atomic mass is 9.93. The number of hydrogen-bond acceptors (Lipinski definition) is 5. The summed E-state index contributed by atoms with van der Waals surface area (Å²) >= 11 is 6.73. The van der Waals surface area contributed by atoms with E-state index in [1.165, 1.54) is 11.5 Å². The van der Waals surface area contributed by atoms with Crippen LogP contribution in [0.15, 0.2) is 40.1 Å². The molecule has 1 aromatic carbocycles. The molecule has 25 heavy (non-hydrogen) atoms. The van der Waals surface area contributed by atoms with Crippen molar-refractivity contribution in [1.29, 1.82) is 0 Å². The summed E-state index contributed by atoms with van der Waals surface area (Å²) in [5.74, 6) is 0. The molecule has 0 fully saturated rings. The summed E-state index contributed by atoms with van der Waals surface area (Å²) in [7, 11) is 0. The first-order valence-corrected chi connectivity index (χ1v) is 9.62. The molecule has 0 radical (unpaired) electrons. The van der Waals surface area contributed by atoms with Gasteiger partial charge in [0, 0.05) is 16.5 Å². The van der Waals surface area contributed by atoms with Crippen molar-refractivity contribution in [3.8, 4) is 11.3 Å². The molecule has 130 valence electrons. The van der Waals surface area contributed by atoms with Crippen molar-refractivity contribution in [2.45, 2.75) is 39.0 Å². The van der Waals surface area contributed by atoms with Crippen LogP contribution in [0.4, 0.5) is 0 Å². The minimum absolute atomic E-state index is 0.278. The highest BCUT2D eigenvalue weighted by molar-refractivity contribution is 7.73. The fourth-order valence-corrected chi connectivity index (χ4v) is 3.85. The Bertz CT molecular complexity index is 1010. The third kappa shape index (κ3) is 3.50.